The fraction of sp³-hybridized carbons (Fsp3) is 1.00. The first kappa shape index (κ1) is 34.3. The van der Waals surface area contributed by atoms with Crippen molar-refractivity contribution in [2.75, 3.05) is 13.1 Å². The summed E-state index contributed by atoms with van der Waals surface area (Å²) in [5.74, 6) is 5.80. The standard InChI is InChI=1S/C41H76N2/c1-4-12-22-36-23-13-5-2-10-18-32-42-40(36)38(30-16-7-1)34-26-20-28-35(29-21-27-34)39-31-17-9-8-15-25-37-24-14-6-3-11-19-33-43-41(37)39/h34-43H,1-33H2. The average molecular weight is 597 g/mol. The van der Waals surface area contributed by atoms with Crippen LogP contribution in [0.2, 0.25) is 0 Å². The molecule has 6 atom stereocenters. The highest BCUT2D eigenvalue weighted by Gasteiger charge is 2.38. The maximum absolute atomic E-state index is 4.31. The van der Waals surface area contributed by atoms with Gasteiger partial charge in [0.15, 0.2) is 0 Å². The predicted octanol–water partition coefficient (Wildman–Crippen LogP) is 11.8. The topological polar surface area (TPSA) is 24.1 Å². The molecule has 0 radical (unpaired) electrons. The first-order valence-corrected chi connectivity index (χ1v) is 20.9. The zero-order valence-corrected chi connectivity index (χ0v) is 29.0. The molecule has 0 aromatic heterocycles. The molecule has 250 valence electrons. The smallest absolute Gasteiger partial charge is 0.0126 e. The number of fused-ring (bicyclic) bond motifs is 2. The first-order chi connectivity index (χ1) is 21.4. The fourth-order valence-electron chi connectivity index (χ4n) is 11.3. The van der Waals surface area contributed by atoms with Crippen molar-refractivity contribution in [3.63, 3.8) is 0 Å². The Balaban J connectivity index is 1.26. The van der Waals surface area contributed by atoms with E-state index in [1.807, 2.05) is 0 Å². The van der Waals surface area contributed by atoms with Crippen molar-refractivity contribution in [1.29, 1.82) is 0 Å². The van der Waals surface area contributed by atoms with Gasteiger partial charge in [0.25, 0.3) is 0 Å². The zero-order chi connectivity index (χ0) is 29.4. The lowest BCUT2D eigenvalue weighted by molar-refractivity contribution is 0.107. The highest BCUT2D eigenvalue weighted by Crippen LogP contribution is 2.43. The molecule has 0 aromatic carbocycles. The number of rotatable bonds is 2. The van der Waals surface area contributed by atoms with Crippen LogP contribution >= 0.6 is 0 Å². The average Bonchev–Trinajstić information content (AvgIpc) is 3.11. The van der Waals surface area contributed by atoms with Gasteiger partial charge in [-0.05, 0) is 100.0 Å². The van der Waals surface area contributed by atoms with Crippen LogP contribution in [0.25, 0.3) is 0 Å². The molecule has 5 rings (SSSR count). The maximum atomic E-state index is 4.31. The van der Waals surface area contributed by atoms with Gasteiger partial charge in [0.1, 0.15) is 0 Å². The van der Waals surface area contributed by atoms with Crippen molar-refractivity contribution >= 4 is 0 Å². The van der Waals surface area contributed by atoms with Crippen LogP contribution in [0.15, 0.2) is 0 Å². The number of hydrogen-bond acceptors (Lipinski definition) is 2. The molecule has 3 aliphatic carbocycles. The van der Waals surface area contributed by atoms with Crippen LogP contribution in [-0.2, 0) is 0 Å². The van der Waals surface area contributed by atoms with Gasteiger partial charge in [-0.15, -0.1) is 0 Å². The molecular formula is C41H76N2. The van der Waals surface area contributed by atoms with Crippen molar-refractivity contribution < 1.29 is 0 Å². The molecule has 0 spiro atoms. The predicted molar refractivity (Wildman–Crippen MR) is 188 cm³/mol. The van der Waals surface area contributed by atoms with Crippen molar-refractivity contribution in [3.8, 4) is 0 Å². The molecule has 6 unspecified atom stereocenters. The van der Waals surface area contributed by atoms with E-state index in [4.69, 9.17) is 0 Å². The van der Waals surface area contributed by atoms with Gasteiger partial charge < -0.3 is 10.6 Å². The van der Waals surface area contributed by atoms with Crippen molar-refractivity contribution in [2.45, 2.75) is 211 Å². The SMILES string of the molecule is C1CCCNC2C(CCC1)CCCCCCCC2C1CCCC(C2CCCCCCC3CCCCCCCNC32)CCC1. The van der Waals surface area contributed by atoms with E-state index in [2.05, 4.69) is 10.6 Å². The van der Waals surface area contributed by atoms with Crippen molar-refractivity contribution in [2.24, 2.45) is 35.5 Å². The molecular weight excluding hydrogens is 520 g/mol. The van der Waals surface area contributed by atoms with E-state index in [-0.39, 0.29) is 0 Å². The van der Waals surface area contributed by atoms with E-state index >= 15 is 0 Å². The minimum absolute atomic E-state index is 0.818. The van der Waals surface area contributed by atoms with Crippen LogP contribution in [0, 0.1) is 35.5 Å². The molecule has 0 aromatic rings. The van der Waals surface area contributed by atoms with E-state index < -0.39 is 0 Å². The Bertz CT molecular complexity index is 690. The van der Waals surface area contributed by atoms with Gasteiger partial charge in [0.2, 0.25) is 0 Å². The lowest BCUT2D eigenvalue weighted by atomic mass is 9.67. The first-order valence-electron chi connectivity index (χ1n) is 20.9. The van der Waals surface area contributed by atoms with Crippen LogP contribution in [0.1, 0.15) is 199 Å². The molecule has 2 saturated heterocycles. The Morgan fingerprint density at radius 2 is 0.512 bits per heavy atom. The van der Waals surface area contributed by atoms with E-state index in [1.54, 1.807) is 25.7 Å². The Kier molecular flexibility index (Phi) is 16.1. The summed E-state index contributed by atoms with van der Waals surface area (Å²) in [5.41, 5.74) is 0. The molecule has 2 heteroatoms. The van der Waals surface area contributed by atoms with Crippen LogP contribution in [0.4, 0.5) is 0 Å². The van der Waals surface area contributed by atoms with Gasteiger partial charge in [-0.25, -0.2) is 0 Å². The molecule has 0 amide bonds. The third-order valence-corrected chi connectivity index (χ3v) is 13.7. The summed E-state index contributed by atoms with van der Waals surface area (Å²) < 4.78 is 0. The molecule has 3 saturated carbocycles. The Morgan fingerprint density at radius 3 is 0.884 bits per heavy atom. The van der Waals surface area contributed by atoms with Gasteiger partial charge in [-0.1, -0.05) is 148 Å². The second-order valence-electron chi connectivity index (χ2n) is 16.6. The highest BCUT2D eigenvalue weighted by atomic mass is 14.9. The maximum Gasteiger partial charge on any atom is 0.0126 e. The highest BCUT2D eigenvalue weighted by molar-refractivity contribution is 4.92. The summed E-state index contributed by atoms with van der Waals surface area (Å²) in [4.78, 5) is 0. The van der Waals surface area contributed by atoms with Gasteiger partial charge in [-0.2, -0.15) is 0 Å². The summed E-state index contributed by atoms with van der Waals surface area (Å²) in [6.07, 6.45) is 46.5. The van der Waals surface area contributed by atoms with E-state index in [9.17, 15) is 0 Å². The third kappa shape index (κ3) is 11.3. The third-order valence-electron chi connectivity index (χ3n) is 13.7. The summed E-state index contributed by atoms with van der Waals surface area (Å²) in [6, 6.07) is 1.64. The summed E-state index contributed by atoms with van der Waals surface area (Å²) >= 11 is 0. The normalized spacial score (nSPS) is 39.6. The summed E-state index contributed by atoms with van der Waals surface area (Å²) in [5, 5.41) is 8.61. The number of hydrogen-bond donors (Lipinski definition) is 2. The Hall–Kier alpha value is -0.0800. The molecule has 0 bridgehead atoms. The Labute approximate surface area is 269 Å². The Morgan fingerprint density at radius 1 is 0.233 bits per heavy atom. The van der Waals surface area contributed by atoms with Gasteiger partial charge in [0.05, 0.1) is 0 Å². The quantitative estimate of drug-likeness (QED) is 0.331. The van der Waals surface area contributed by atoms with Crippen LogP contribution in [0.5, 0.6) is 0 Å². The van der Waals surface area contributed by atoms with Gasteiger partial charge >= 0.3 is 0 Å². The van der Waals surface area contributed by atoms with Crippen LogP contribution in [0.3, 0.4) is 0 Å². The molecule has 5 fully saturated rings. The fourth-order valence-corrected chi connectivity index (χ4v) is 11.3. The summed E-state index contributed by atoms with van der Waals surface area (Å²) in [7, 11) is 0. The second kappa shape index (κ2) is 20.2. The molecule has 43 heavy (non-hydrogen) atoms. The molecule has 2 heterocycles. The largest absolute Gasteiger partial charge is 0.313 e. The van der Waals surface area contributed by atoms with Crippen LogP contribution < -0.4 is 10.6 Å². The minimum Gasteiger partial charge on any atom is -0.313 e. The lowest BCUT2D eigenvalue weighted by Crippen LogP contribution is -2.47. The van der Waals surface area contributed by atoms with E-state index in [0.29, 0.717) is 0 Å². The monoisotopic (exact) mass is 597 g/mol. The number of nitrogens with one attached hydrogen (secondary N) is 2. The zero-order valence-electron chi connectivity index (χ0n) is 29.0. The second-order valence-corrected chi connectivity index (χ2v) is 16.6. The summed E-state index contributed by atoms with van der Waals surface area (Å²) in [6.45, 7) is 2.59. The van der Waals surface area contributed by atoms with Crippen molar-refractivity contribution in [3.05, 3.63) is 0 Å². The van der Waals surface area contributed by atoms with Gasteiger partial charge in [0, 0.05) is 12.1 Å². The van der Waals surface area contributed by atoms with Crippen LogP contribution in [-0.4, -0.2) is 25.2 Å². The van der Waals surface area contributed by atoms with Gasteiger partial charge in [-0.3, -0.25) is 0 Å². The lowest BCUT2D eigenvalue weighted by Gasteiger charge is -2.43. The van der Waals surface area contributed by atoms with E-state index in [0.717, 1.165) is 47.6 Å². The molecule has 2 aliphatic heterocycles. The molecule has 2 nitrogen and oxygen atoms in total. The minimum atomic E-state index is 0.818. The van der Waals surface area contributed by atoms with E-state index in [1.165, 1.54) is 186 Å². The van der Waals surface area contributed by atoms with Crippen molar-refractivity contribution in [1.82, 2.24) is 10.6 Å². The molecule has 2 N–H and O–H groups in total. The molecule has 5 aliphatic rings.